The van der Waals surface area contributed by atoms with Gasteiger partial charge in [0, 0.05) is 46.9 Å². The van der Waals surface area contributed by atoms with Crippen LogP contribution < -0.4 is 0 Å². The molecule has 2 heterocycles. The second-order valence-electron chi connectivity index (χ2n) is 5.23. The molecule has 0 radical (unpaired) electrons. The van der Waals surface area contributed by atoms with E-state index in [9.17, 15) is 0 Å². The highest BCUT2D eigenvalue weighted by Gasteiger charge is 2.23. The van der Waals surface area contributed by atoms with Gasteiger partial charge in [0.05, 0.1) is 13.2 Å². The molecule has 2 rings (SSSR count). The van der Waals surface area contributed by atoms with Gasteiger partial charge in [0.15, 0.2) is 0 Å². The number of hydrogen-bond acceptors (Lipinski definition) is 7. The summed E-state index contributed by atoms with van der Waals surface area (Å²) in [4.78, 5) is 16.0. The zero-order valence-corrected chi connectivity index (χ0v) is 13.4. The van der Waals surface area contributed by atoms with E-state index < -0.39 is 0 Å². The first-order valence-electron chi connectivity index (χ1n) is 7.67. The summed E-state index contributed by atoms with van der Waals surface area (Å²) >= 11 is 0. The van der Waals surface area contributed by atoms with E-state index in [1.165, 1.54) is 0 Å². The third kappa shape index (κ3) is 4.31. The first-order valence-corrected chi connectivity index (χ1v) is 7.67. The van der Waals surface area contributed by atoms with Crippen molar-refractivity contribution in [3.63, 3.8) is 0 Å². The number of aliphatic imine (C=N–C) groups is 2. The fourth-order valence-electron chi connectivity index (χ4n) is 2.49. The molecule has 0 aromatic rings. The van der Waals surface area contributed by atoms with Gasteiger partial charge in [0.2, 0.25) is 11.9 Å². The molecule has 2 aliphatic heterocycles. The maximum Gasteiger partial charge on any atom is 0.225 e. The monoisotopic (exact) mass is 297 g/mol. The predicted molar refractivity (Wildman–Crippen MR) is 83.6 cm³/mol. The lowest BCUT2D eigenvalue weighted by molar-refractivity contribution is 0.0629. The third-order valence-corrected chi connectivity index (χ3v) is 3.70. The Morgan fingerprint density at radius 1 is 1.33 bits per heavy atom. The summed E-state index contributed by atoms with van der Waals surface area (Å²) in [5, 5.41) is 0. The minimum Gasteiger partial charge on any atom is -0.385 e. The summed E-state index contributed by atoms with van der Waals surface area (Å²) in [6.07, 6.45) is 0.988. The fraction of sp³-hybridized carbons (Fsp3) is 0.857. The van der Waals surface area contributed by atoms with Gasteiger partial charge in [-0.05, 0) is 13.3 Å². The van der Waals surface area contributed by atoms with Crippen LogP contribution in [0.2, 0.25) is 0 Å². The summed E-state index contributed by atoms with van der Waals surface area (Å²) < 4.78 is 10.5. The van der Waals surface area contributed by atoms with Crippen molar-refractivity contribution in [2.75, 3.05) is 66.8 Å². The highest BCUT2D eigenvalue weighted by atomic mass is 16.5. The smallest absolute Gasteiger partial charge is 0.225 e. The molecule has 1 saturated heterocycles. The molecular weight excluding hydrogens is 270 g/mol. The van der Waals surface area contributed by atoms with E-state index in [0.29, 0.717) is 6.67 Å². The highest BCUT2D eigenvalue weighted by molar-refractivity contribution is 5.96. The first-order chi connectivity index (χ1) is 10.3. The van der Waals surface area contributed by atoms with E-state index in [1.54, 1.807) is 7.11 Å². The topological polar surface area (TPSA) is 52.9 Å². The number of morpholine rings is 1. The van der Waals surface area contributed by atoms with Crippen LogP contribution in [0.1, 0.15) is 13.3 Å². The molecule has 0 atom stereocenters. The van der Waals surface area contributed by atoms with Gasteiger partial charge in [-0.25, -0.2) is 4.99 Å². The molecule has 0 aromatic heterocycles. The van der Waals surface area contributed by atoms with Crippen LogP contribution >= 0.6 is 0 Å². The molecule has 0 amide bonds. The highest BCUT2D eigenvalue weighted by Crippen LogP contribution is 2.09. The van der Waals surface area contributed by atoms with Gasteiger partial charge in [-0.3, -0.25) is 0 Å². The SMILES string of the molecule is CCN(CCCOC)C1=NCN(C)C(N2CCOCC2)=N1. The number of methoxy groups -OCH3 is 1. The van der Waals surface area contributed by atoms with Crippen molar-refractivity contribution in [3.05, 3.63) is 0 Å². The Morgan fingerprint density at radius 3 is 2.76 bits per heavy atom. The lowest BCUT2D eigenvalue weighted by Crippen LogP contribution is -2.51. The predicted octanol–water partition coefficient (Wildman–Crippen LogP) is 0.292. The van der Waals surface area contributed by atoms with E-state index >= 15 is 0 Å². The van der Waals surface area contributed by atoms with Crippen LogP contribution in [0.3, 0.4) is 0 Å². The van der Waals surface area contributed by atoms with Crippen molar-refractivity contribution in [1.82, 2.24) is 14.7 Å². The number of ether oxygens (including phenoxy) is 2. The molecule has 1 fully saturated rings. The van der Waals surface area contributed by atoms with Crippen molar-refractivity contribution >= 4 is 11.9 Å². The van der Waals surface area contributed by atoms with Crippen molar-refractivity contribution in [2.24, 2.45) is 9.98 Å². The molecule has 0 aromatic carbocycles. The Balaban J connectivity index is 2.02. The molecule has 0 spiro atoms. The van der Waals surface area contributed by atoms with E-state index in [2.05, 4.69) is 26.6 Å². The van der Waals surface area contributed by atoms with Gasteiger partial charge in [-0.1, -0.05) is 0 Å². The van der Waals surface area contributed by atoms with Crippen LogP contribution in [0.5, 0.6) is 0 Å². The molecule has 0 aliphatic carbocycles. The Kier molecular flexibility index (Phi) is 6.25. The second kappa shape index (κ2) is 8.19. The molecule has 21 heavy (non-hydrogen) atoms. The van der Waals surface area contributed by atoms with E-state index in [-0.39, 0.29) is 0 Å². The van der Waals surface area contributed by atoms with Gasteiger partial charge in [0.25, 0.3) is 0 Å². The second-order valence-corrected chi connectivity index (χ2v) is 5.23. The molecule has 0 unspecified atom stereocenters. The van der Waals surface area contributed by atoms with E-state index in [4.69, 9.17) is 14.5 Å². The Hall–Kier alpha value is -1.34. The minimum absolute atomic E-state index is 0.659. The summed E-state index contributed by atoms with van der Waals surface area (Å²) in [5.41, 5.74) is 0. The summed E-state index contributed by atoms with van der Waals surface area (Å²) in [6.45, 7) is 8.72. The van der Waals surface area contributed by atoms with Crippen molar-refractivity contribution in [3.8, 4) is 0 Å². The molecule has 7 nitrogen and oxygen atoms in total. The average molecular weight is 297 g/mol. The zero-order chi connectivity index (χ0) is 15.1. The minimum atomic E-state index is 0.659. The van der Waals surface area contributed by atoms with Gasteiger partial charge in [0.1, 0.15) is 6.67 Å². The van der Waals surface area contributed by atoms with Gasteiger partial charge < -0.3 is 24.2 Å². The quantitative estimate of drug-likeness (QED) is 0.683. The number of rotatable bonds is 5. The van der Waals surface area contributed by atoms with E-state index in [0.717, 1.165) is 64.3 Å². The lowest BCUT2D eigenvalue weighted by Gasteiger charge is -2.36. The largest absolute Gasteiger partial charge is 0.385 e. The van der Waals surface area contributed by atoms with Crippen LogP contribution in [0.4, 0.5) is 0 Å². The van der Waals surface area contributed by atoms with Crippen LogP contribution in [0, 0.1) is 0 Å². The van der Waals surface area contributed by atoms with Gasteiger partial charge in [-0.15, -0.1) is 0 Å². The standard InChI is InChI=1S/C14H27N5O2/c1-4-18(6-5-9-20-3)13-15-12-17(2)14(16-13)19-7-10-21-11-8-19/h4-12H2,1-3H3. The maximum atomic E-state index is 5.42. The third-order valence-electron chi connectivity index (χ3n) is 3.70. The molecule has 0 N–H and O–H groups in total. The molecule has 0 bridgehead atoms. The van der Waals surface area contributed by atoms with Gasteiger partial charge in [-0.2, -0.15) is 4.99 Å². The van der Waals surface area contributed by atoms with Gasteiger partial charge >= 0.3 is 0 Å². The van der Waals surface area contributed by atoms with Crippen LogP contribution in [0.15, 0.2) is 9.98 Å². The molecule has 120 valence electrons. The van der Waals surface area contributed by atoms with Crippen LogP contribution in [0.25, 0.3) is 0 Å². The molecular formula is C14H27N5O2. The van der Waals surface area contributed by atoms with E-state index in [1.807, 2.05) is 7.05 Å². The molecule has 0 saturated carbocycles. The van der Waals surface area contributed by atoms with Crippen LogP contribution in [-0.4, -0.2) is 93.4 Å². The van der Waals surface area contributed by atoms with Crippen molar-refractivity contribution in [1.29, 1.82) is 0 Å². The summed E-state index contributed by atoms with van der Waals surface area (Å²) in [5.74, 6) is 1.85. The molecule has 2 aliphatic rings. The number of nitrogens with zero attached hydrogens (tertiary/aromatic N) is 5. The fourth-order valence-corrected chi connectivity index (χ4v) is 2.49. The Bertz CT molecular complexity index is 380. The van der Waals surface area contributed by atoms with Crippen LogP contribution in [-0.2, 0) is 9.47 Å². The maximum absolute atomic E-state index is 5.42. The Morgan fingerprint density at radius 2 is 2.10 bits per heavy atom. The average Bonchev–Trinajstić information content (AvgIpc) is 2.53. The normalized spacial score (nSPS) is 19.4. The number of hydrogen-bond donors (Lipinski definition) is 0. The molecule has 7 heteroatoms. The first kappa shape index (κ1) is 16.0. The number of guanidine groups is 2. The summed E-state index contributed by atoms with van der Waals surface area (Å²) in [7, 11) is 3.77. The van der Waals surface area contributed by atoms with Crippen molar-refractivity contribution < 1.29 is 9.47 Å². The van der Waals surface area contributed by atoms with Crippen molar-refractivity contribution in [2.45, 2.75) is 13.3 Å². The lowest BCUT2D eigenvalue weighted by atomic mass is 10.4. The summed E-state index contributed by atoms with van der Waals surface area (Å²) in [6, 6.07) is 0. The zero-order valence-electron chi connectivity index (χ0n) is 13.4. The Labute approximate surface area is 127 Å².